The van der Waals surface area contributed by atoms with E-state index in [0.717, 1.165) is 56.1 Å². The molecule has 7 nitrogen and oxygen atoms in total. The molecule has 7 heteroatoms. The minimum Gasteiger partial charge on any atom is -0.372 e. The molecule has 0 bridgehead atoms. The van der Waals surface area contributed by atoms with E-state index >= 15 is 0 Å². The van der Waals surface area contributed by atoms with E-state index in [1.807, 2.05) is 18.7 Å². The molecule has 0 radical (unpaired) electrons. The van der Waals surface area contributed by atoms with Crippen LogP contribution in [0.3, 0.4) is 0 Å². The van der Waals surface area contributed by atoms with E-state index in [2.05, 4.69) is 44.0 Å². The molecule has 0 atom stereocenters. The number of aromatic nitrogens is 2. The maximum Gasteiger partial charge on any atom is 0.272 e. The normalized spacial score (nSPS) is 17.3. The van der Waals surface area contributed by atoms with Crippen LogP contribution in [-0.2, 0) is 11.3 Å². The molecule has 2 amide bonds. The number of nitrogens with zero attached hydrogens (tertiary/aromatic N) is 4. The number of hydrogen-bond acceptors (Lipinski definition) is 4. The number of rotatable bonds is 5. The molecule has 2 aromatic rings. The highest BCUT2D eigenvalue weighted by Crippen LogP contribution is 2.27. The quantitative estimate of drug-likeness (QED) is 0.802. The standard InChI is InChI=1S/C24H33N5O2/c1-17-23(26-18(2)29(17)22-10-14-27(15-11-22)19(3)30)24(31)25-16-20-6-8-21(9-7-20)28-12-4-5-13-28/h6-9,22H,4-5,10-16H2,1-3H3,(H,25,31). The Labute approximate surface area is 184 Å². The first-order valence-corrected chi connectivity index (χ1v) is 11.4. The van der Waals surface area contributed by atoms with E-state index in [-0.39, 0.29) is 17.9 Å². The summed E-state index contributed by atoms with van der Waals surface area (Å²) in [6.45, 7) is 9.81. The number of imidazole rings is 1. The lowest BCUT2D eigenvalue weighted by molar-refractivity contribution is -0.130. The van der Waals surface area contributed by atoms with Gasteiger partial charge in [0.2, 0.25) is 5.91 Å². The van der Waals surface area contributed by atoms with E-state index in [9.17, 15) is 9.59 Å². The number of piperidine rings is 1. The second-order valence-corrected chi connectivity index (χ2v) is 8.74. The lowest BCUT2D eigenvalue weighted by atomic mass is 10.0. The predicted octanol–water partition coefficient (Wildman–Crippen LogP) is 3.21. The number of nitrogens with one attached hydrogen (secondary N) is 1. The first-order valence-electron chi connectivity index (χ1n) is 11.4. The topological polar surface area (TPSA) is 70.5 Å². The highest BCUT2D eigenvalue weighted by atomic mass is 16.2. The summed E-state index contributed by atoms with van der Waals surface area (Å²) in [6, 6.07) is 8.75. The van der Waals surface area contributed by atoms with Gasteiger partial charge in [0.15, 0.2) is 0 Å². The van der Waals surface area contributed by atoms with E-state index in [1.54, 1.807) is 6.92 Å². The second kappa shape index (κ2) is 9.12. The van der Waals surface area contributed by atoms with Crippen molar-refractivity contribution >= 4 is 17.5 Å². The van der Waals surface area contributed by atoms with Crippen LogP contribution in [0, 0.1) is 13.8 Å². The fourth-order valence-electron chi connectivity index (χ4n) is 4.91. The van der Waals surface area contributed by atoms with E-state index < -0.39 is 0 Å². The first-order chi connectivity index (χ1) is 14.9. The van der Waals surface area contributed by atoms with Gasteiger partial charge >= 0.3 is 0 Å². The summed E-state index contributed by atoms with van der Waals surface area (Å²) in [5, 5.41) is 3.03. The van der Waals surface area contributed by atoms with Gasteiger partial charge in [-0.1, -0.05) is 12.1 Å². The Morgan fingerprint density at radius 2 is 1.68 bits per heavy atom. The van der Waals surface area contributed by atoms with Crippen molar-refractivity contribution in [3.63, 3.8) is 0 Å². The van der Waals surface area contributed by atoms with Crippen molar-refractivity contribution in [1.29, 1.82) is 0 Å². The smallest absolute Gasteiger partial charge is 0.272 e. The number of anilines is 1. The number of hydrogen-bond donors (Lipinski definition) is 1. The van der Waals surface area contributed by atoms with Gasteiger partial charge < -0.3 is 19.7 Å². The fraction of sp³-hybridized carbons (Fsp3) is 0.542. The Balaban J connectivity index is 1.38. The third-order valence-electron chi connectivity index (χ3n) is 6.68. The van der Waals surface area contributed by atoms with Crippen LogP contribution in [0.4, 0.5) is 5.69 Å². The molecular weight excluding hydrogens is 390 g/mol. The molecule has 3 heterocycles. The Kier molecular flexibility index (Phi) is 6.30. The van der Waals surface area contributed by atoms with Gasteiger partial charge in [0.1, 0.15) is 11.5 Å². The lowest BCUT2D eigenvalue weighted by Gasteiger charge is -2.33. The van der Waals surface area contributed by atoms with Crippen LogP contribution in [0.25, 0.3) is 0 Å². The molecule has 1 N–H and O–H groups in total. The first kappa shape index (κ1) is 21.4. The molecule has 0 unspecified atom stereocenters. The van der Waals surface area contributed by atoms with E-state index in [4.69, 9.17) is 0 Å². The van der Waals surface area contributed by atoms with Crippen molar-refractivity contribution in [1.82, 2.24) is 19.8 Å². The van der Waals surface area contributed by atoms with Gasteiger partial charge in [-0.2, -0.15) is 0 Å². The van der Waals surface area contributed by atoms with Crippen LogP contribution in [0.15, 0.2) is 24.3 Å². The minimum atomic E-state index is -0.135. The van der Waals surface area contributed by atoms with Gasteiger partial charge in [-0.05, 0) is 57.2 Å². The third-order valence-corrected chi connectivity index (χ3v) is 6.68. The van der Waals surface area contributed by atoms with Crippen LogP contribution in [0.2, 0.25) is 0 Å². The van der Waals surface area contributed by atoms with Crippen LogP contribution < -0.4 is 10.2 Å². The highest BCUT2D eigenvalue weighted by Gasteiger charge is 2.27. The maximum absolute atomic E-state index is 12.9. The highest BCUT2D eigenvalue weighted by molar-refractivity contribution is 5.93. The summed E-state index contributed by atoms with van der Waals surface area (Å²) in [4.78, 5) is 33.3. The molecule has 0 saturated carbocycles. The van der Waals surface area contributed by atoms with Crippen LogP contribution in [0.5, 0.6) is 0 Å². The molecule has 0 aliphatic carbocycles. The SMILES string of the molecule is CC(=O)N1CCC(n2c(C)nc(C(=O)NCc3ccc(N4CCCC4)cc3)c2C)CC1. The van der Waals surface area contributed by atoms with Crippen molar-refractivity contribution in [2.75, 3.05) is 31.1 Å². The molecule has 0 spiro atoms. The zero-order valence-corrected chi connectivity index (χ0v) is 18.9. The summed E-state index contributed by atoms with van der Waals surface area (Å²) in [5.74, 6) is 0.856. The molecule has 4 rings (SSSR count). The van der Waals surface area contributed by atoms with Crippen molar-refractivity contribution in [2.24, 2.45) is 0 Å². The minimum absolute atomic E-state index is 0.131. The van der Waals surface area contributed by atoms with Crippen molar-refractivity contribution in [3.05, 3.63) is 47.0 Å². The number of likely N-dealkylation sites (tertiary alicyclic amines) is 1. The van der Waals surface area contributed by atoms with Crippen molar-refractivity contribution in [3.8, 4) is 0 Å². The molecule has 2 fully saturated rings. The van der Waals surface area contributed by atoms with E-state index in [0.29, 0.717) is 12.2 Å². The van der Waals surface area contributed by atoms with Gasteiger partial charge in [0.25, 0.3) is 5.91 Å². The molecule has 2 saturated heterocycles. The largest absolute Gasteiger partial charge is 0.372 e. The van der Waals surface area contributed by atoms with Gasteiger partial charge in [0.05, 0.1) is 0 Å². The second-order valence-electron chi connectivity index (χ2n) is 8.74. The summed E-state index contributed by atoms with van der Waals surface area (Å²) in [6.07, 6.45) is 4.31. The molecule has 1 aromatic carbocycles. The zero-order chi connectivity index (χ0) is 22.0. The number of carbonyl (C=O) groups is 2. The summed E-state index contributed by atoms with van der Waals surface area (Å²) >= 11 is 0. The van der Waals surface area contributed by atoms with Crippen LogP contribution in [-0.4, -0.2) is 52.4 Å². The van der Waals surface area contributed by atoms with Crippen LogP contribution >= 0.6 is 0 Å². The third kappa shape index (κ3) is 4.60. The molecule has 2 aliphatic rings. The Bertz CT molecular complexity index is 936. The number of benzene rings is 1. The molecule has 166 valence electrons. The number of amides is 2. The van der Waals surface area contributed by atoms with Crippen LogP contribution in [0.1, 0.15) is 66.2 Å². The monoisotopic (exact) mass is 423 g/mol. The summed E-state index contributed by atoms with van der Waals surface area (Å²) in [5.41, 5.74) is 3.75. The lowest BCUT2D eigenvalue weighted by Crippen LogP contribution is -2.38. The van der Waals surface area contributed by atoms with Crippen molar-refractivity contribution in [2.45, 2.75) is 59.0 Å². The molecule has 1 aromatic heterocycles. The Morgan fingerprint density at radius 1 is 1.03 bits per heavy atom. The number of aryl methyl sites for hydroxylation is 1. The van der Waals surface area contributed by atoms with Gasteiger partial charge in [-0.15, -0.1) is 0 Å². The summed E-state index contributed by atoms with van der Waals surface area (Å²) < 4.78 is 2.18. The van der Waals surface area contributed by atoms with Gasteiger partial charge in [-0.25, -0.2) is 4.98 Å². The Hall–Kier alpha value is -2.83. The predicted molar refractivity (Wildman–Crippen MR) is 121 cm³/mol. The average molecular weight is 424 g/mol. The maximum atomic E-state index is 12.9. The van der Waals surface area contributed by atoms with Gasteiger partial charge in [-0.3, -0.25) is 9.59 Å². The number of carbonyl (C=O) groups excluding carboxylic acids is 2. The van der Waals surface area contributed by atoms with Crippen molar-refractivity contribution < 1.29 is 9.59 Å². The molecule has 31 heavy (non-hydrogen) atoms. The van der Waals surface area contributed by atoms with Gasteiger partial charge in [0, 0.05) is 57.1 Å². The summed E-state index contributed by atoms with van der Waals surface area (Å²) in [7, 11) is 0. The molecule has 2 aliphatic heterocycles. The molecular formula is C24H33N5O2. The zero-order valence-electron chi connectivity index (χ0n) is 18.9. The van der Waals surface area contributed by atoms with E-state index in [1.165, 1.54) is 18.5 Å². The Morgan fingerprint density at radius 3 is 2.29 bits per heavy atom. The average Bonchev–Trinajstić information content (AvgIpc) is 3.41. The fourth-order valence-corrected chi connectivity index (χ4v) is 4.91.